The van der Waals surface area contributed by atoms with E-state index in [0.717, 1.165) is 4.90 Å². The lowest BCUT2D eigenvalue weighted by Gasteiger charge is -2.31. The molecule has 8 nitrogen and oxygen atoms in total. The molecule has 148 valence electrons. The lowest BCUT2D eigenvalue weighted by molar-refractivity contribution is -0.385. The number of rotatable bonds is 5. The van der Waals surface area contributed by atoms with Crippen LogP contribution in [0.15, 0.2) is 23.1 Å². The molecule has 0 spiro atoms. The van der Waals surface area contributed by atoms with E-state index in [1.54, 1.807) is 26.8 Å². The Bertz CT molecular complexity index is 746. The third-order valence-corrected chi connectivity index (χ3v) is 5.14. The lowest BCUT2D eigenvalue weighted by Crippen LogP contribution is -2.38. The largest absolute Gasteiger partial charge is 0.481 e. The van der Waals surface area contributed by atoms with Gasteiger partial charge in [0.05, 0.1) is 16.9 Å². The van der Waals surface area contributed by atoms with Gasteiger partial charge >= 0.3 is 12.1 Å². The van der Waals surface area contributed by atoms with E-state index in [1.165, 1.54) is 28.8 Å². The van der Waals surface area contributed by atoms with Gasteiger partial charge in [-0.2, -0.15) is 0 Å². The van der Waals surface area contributed by atoms with E-state index in [4.69, 9.17) is 4.74 Å². The van der Waals surface area contributed by atoms with Gasteiger partial charge in [-0.25, -0.2) is 4.79 Å². The van der Waals surface area contributed by atoms with Crippen molar-refractivity contribution < 1.29 is 24.4 Å². The number of likely N-dealkylation sites (tertiary alicyclic amines) is 1. The van der Waals surface area contributed by atoms with Crippen LogP contribution in [-0.2, 0) is 9.53 Å². The predicted molar refractivity (Wildman–Crippen MR) is 101 cm³/mol. The van der Waals surface area contributed by atoms with Crippen LogP contribution in [0, 0.1) is 16.0 Å². The highest BCUT2D eigenvalue weighted by Crippen LogP contribution is 2.43. The van der Waals surface area contributed by atoms with Crippen LogP contribution in [0.25, 0.3) is 0 Å². The number of carboxylic acid groups (broad SMARTS) is 1. The highest BCUT2D eigenvalue weighted by atomic mass is 32.2. The summed E-state index contributed by atoms with van der Waals surface area (Å²) in [5.74, 6) is -1.18. The molecule has 1 saturated heterocycles. The van der Waals surface area contributed by atoms with Crippen LogP contribution in [0.2, 0.25) is 0 Å². The molecular weight excluding hydrogens is 372 g/mol. The van der Waals surface area contributed by atoms with Crippen LogP contribution in [0.4, 0.5) is 10.5 Å². The normalized spacial score (nSPS) is 19.8. The Morgan fingerprint density at radius 3 is 2.59 bits per heavy atom. The Morgan fingerprint density at radius 2 is 2.07 bits per heavy atom. The minimum atomic E-state index is -1.04. The second kappa shape index (κ2) is 8.16. The highest BCUT2D eigenvalue weighted by molar-refractivity contribution is 7.99. The zero-order chi connectivity index (χ0) is 20.4. The molecule has 0 aromatic heterocycles. The molecule has 1 heterocycles. The topological polar surface area (TPSA) is 110 Å². The van der Waals surface area contributed by atoms with Crippen LogP contribution >= 0.6 is 11.8 Å². The maximum Gasteiger partial charge on any atom is 0.410 e. The molecule has 9 heteroatoms. The van der Waals surface area contributed by atoms with Crippen molar-refractivity contribution in [3.05, 3.63) is 33.9 Å². The van der Waals surface area contributed by atoms with E-state index in [0.29, 0.717) is 11.3 Å². The number of carbonyl (C=O) groups is 2. The third-order valence-electron chi connectivity index (χ3n) is 4.17. The number of carbonyl (C=O) groups excluding carboxylic acids is 1. The zero-order valence-corrected chi connectivity index (χ0v) is 16.6. The number of amides is 1. The number of thioether (sulfide) groups is 1. The summed E-state index contributed by atoms with van der Waals surface area (Å²) < 4.78 is 5.43. The average Bonchev–Trinajstić information content (AvgIpc) is 2.99. The van der Waals surface area contributed by atoms with Crippen LogP contribution < -0.4 is 0 Å². The molecule has 1 aliphatic heterocycles. The molecule has 2 atom stereocenters. The summed E-state index contributed by atoms with van der Waals surface area (Å²) in [6, 6.07) is 3.57. The number of nitrogens with zero attached hydrogens (tertiary/aromatic N) is 2. The smallest absolute Gasteiger partial charge is 0.410 e. The van der Waals surface area contributed by atoms with E-state index >= 15 is 0 Å². The Labute approximate surface area is 162 Å². The summed E-state index contributed by atoms with van der Waals surface area (Å²) in [7, 11) is 0. The molecule has 0 bridgehead atoms. The van der Waals surface area contributed by atoms with Crippen LogP contribution in [0.5, 0.6) is 0 Å². The molecule has 1 amide bonds. The fraction of sp³-hybridized carbons (Fsp3) is 0.556. The summed E-state index contributed by atoms with van der Waals surface area (Å²) >= 11 is 1.46. The minimum absolute atomic E-state index is 0.134. The highest BCUT2D eigenvalue weighted by Gasteiger charge is 2.45. The molecule has 1 fully saturated rings. The molecule has 2 rings (SSSR count). The van der Waals surface area contributed by atoms with Gasteiger partial charge in [0.1, 0.15) is 5.60 Å². The van der Waals surface area contributed by atoms with Gasteiger partial charge in [-0.15, -0.1) is 11.8 Å². The summed E-state index contributed by atoms with van der Waals surface area (Å²) in [4.78, 5) is 37.3. The molecule has 27 heavy (non-hydrogen) atoms. The summed E-state index contributed by atoms with van der Waals surface area (Å²) in [6.07, 6.45) is -0.353. The molecule has 1 aliphatic rings. The molecule has 1 aromatic rings. The summed E-state index contributed by atoms with van der Waals surface area (Å²) in [5, 5.41) is 20.9. The number of aliphatic carboxylic acids is 1. The van der Waals surface area contributed by atoms with Crippen molar-refractivity contribution in [3.63, 3.8) is 0 Å². The fourth-order valence-corrected chi connectivity index (χ4v) is 3.95. The Kier molecular flexibility index (Phi) is 6.35. The fourth-order valence-electron chi connectivity index (χ4n) is 3.13. The maximum absolute atomic E-state index is 12.7. The van der Waals surface area contributed by atoms with Crippen LogP contribution in [-0.4, -0.2) is 44.9 Å². The average molecular weight is 396 g/mol. The van der Waals surface area contributed by atoms with E-state index in [2.05, 4.69) is 0 Å². The minimum Gasteiger partial charge on any atom is -0.481 e. The molecule has 0 radical (unpaired) electrons. The van der Waals surface area contributed by atoms with Gasteiger partial charge in [0, 0.05) is 23.6 Å². The molecule has 0 saturated carbocycles. The summed E-state index contributed by atoms with van der Waals surface area (Å²) in [6.45, 7) is 7.35. The molecule has 0 aliphatic carbocycles. The van der Waals surface area contributed by atoms with Gasteiger partial charge < -0.3 is 14.7 Å². The zero-order valence-electron chi connectivity index (χ0n) is 15.8. The maximum atomic E-state index is 12.7. The number of ether oxygens (including phenoxy) is 1. The molecular formula is C18H24N2O6S. The monoisotopic (exact) mass is 396 g/mol. The van der Waals surface area contributed by atoms with Crippen LogP contribution in [0.3, 0.4) is 0 Å². The van der Waals surface area contributed by atoms with Gasteiger partial charge in [0.2, 0.25) is 0 Å². The van der Waals surface area contributed by atoms with Gasteiger partial charge in [0.15, 0.2) is 0 Å². The number of carboxylic acids is 1. The van der Waals surface area contributed by atoms with E-state index < -0.39 is 34.5 Å². The molecule has 1 aromatic carbocycles. The van der Waals surface area contributed by atoms with Crippen molar-refractivity contribution in [2.45, 2.75) is 50.7 Å². The first-order chi connectivity index (χ1) is 12.5. The Morgan fingerprint density at radius 1 is 1.41 bits per heavy atom. The molecule has 0 unspecified atom stereocenters. The Balaban J connectivity index is 2.53. The standard InChI is InChI=1S/C18H24N2O6S/c1-5-27-14-7-6-11(20(24)25)10-13(14)15-12(16(21)22)8-9-19(15)17(23)26-18(2,3)4/h6-7,10,12,15H,5,8-9H2,1-4H3,(H,21,22)/t12-,15-/m1/s1. The van der Waals surface area contributed by atoms with Crippen molar-refractivity contribution in [2.75, 3.05) is 12.3 Å². The van der Waals surface area contributed by atoms with E-state index in [1.807, 2.05) is 6.92 Å². The lowest BCUT2D eigenvalue weighted by atomic mass is 9.93. The first-order valence-corrected chi connectivity index (χ1v) is 9.67. The number of hydrogen-bond acceptors (Lipinski definition) is 6. The number of hydrogen-bond donors (Lipinski definition) is 1. The van der Waals surface area contributed by atoms with Gasteiger partial charge in [-0.3, -0.25) is 14.9 Å². The number of nitro benzene ring substituents is 1. The van der Waals surface area contributed by atoms with Gasteiger partial charge in [0.25, 0.3) is 5.69 Å². The van der Waals surface area contributed by atoms with Crippen molar-refractivity contribution in [1.29, 1.82) is 0 Å². The SMILES string of the molecule is CCSc1ccc([N+](=O)[O-])cc1[C@H]1[C@H](C(=O)O)CCN1C(=O)OC(C)(C)C. The van der Waals surface area contributed by atoms with E-state index in [9.17, 15) is 24.8 Å². The first-order valence-electron chi connectivity index (χ1n) is 8.68. The van der Waals surface area contributed by atoms with Crippen molar-refractivity contribution >= 4 is 29.5 Å². The van der Waals surface area contributed by atoms with E-state index in [-0.39, 0.29) is 18.7 Å². The third kappa shape index (κ3) is 4.91. The summed E-state index contributed by atoms with van der Waals surface area (Å²) in [5.41, 5.74) is -0.385. The second-order valence-corrected chi connectivity index (χ2v) is 8.57. The first kappa shape index (κ1) is 21.0. The van der Waals surface area contributed by atoms with Crippen molar-refractivity contribution in [2.24, 2.45) is 5.92 Å². The second-order valence-electron chi connectivity index (χ2n) is 7.26. The molecule has 1 N–H and O–H groups in total. The van der Waals surface area contributed by atoms with Crippen molar-refractivity contribution in [1.82, 2.24) is 4.90 Å². The Hall–Kier alpha value is -2.29. The number of benzene rings is 1. The quantitative estimate of drug-likeness (QED) is 0.453. The van der Waals surface area contributed by atoms with Gasteiger partial charge in [-0.1, -0.05) is 6.92 Å². The van der Waals surface area contributed by atoms with Gasteiger partial charge in [-0.05, 0) is 44.6 Å². The number of nitro groups is 1. The predicted octanol–water partition coefficient (Wildman–Crippen LogP) is 4.09. The van der Waals surface area contributed by atoms with Crippen LogP contribution in [0.1, 0.15) is 45.7 Å². The number of non-ortho nitro benzene ring substituents is 1. The van der Waals surface area contributed by atoms with Crippen molar-refractivity contribution in [3.8, 4) is 0 Å².